The number of hydrogen-bond acceptors (Lipinski definition) is 3. The summed E-state index contributed by atoms with van der Waals surface area (Å²) in [6.07, 6.45) is 4.66. The van der Waals surface area contributed by atoms with Crippen LogP contribution in [0, 0.1) is 5.92 Å². The summed E-state index contributed by atoms with van der Waals surface area (Å²) in [6.45, 7) is 1.99. The Labute approximate surface area is 137 Å². The van der Waals surface area contributed by atoms with Gasteiger partial charge in [-0.2, -0.15) is 0 Å². The summed E-state index contributed by atoms with van der Waals surface area (Å²) in [4.78, 5) is 12.2. The monoisotopic (exact) mass is 393 g/mol. The van der Waals surface area contributed by atoms with E-state index in [2.05, 4.69) is 21.2 Å². The molecule has 0 aliphatic heterocycles. The van der Waals surface area contributed by atoms with E-state index < -0.39 is 9.05 Å². The second kappa shape index (κ2) is 6.67. The first-order valence-electron chi connectivity index (χ1n) is 6.83. The van der Waals surface area contributed by atoms with E-state index in [4.69, 9.17) is 10.7 Å². The van der Waals surface area contributed by atoms with Crippen LogP contribution in [0.3, 0.4) is 0 Å². The standard InChI is InChI=1S/C14H17BrClNO3S/c1-9(10-4-2-3-5-10)17-14(18)11-6-12(15)8-13(7-11)21(16,19)20/h6-10H,2-5H2,1H3,(H,17,18). The molecule has 1 fully saturated rings. The van der Waals surface area contributed by atoms with Gasteiger partial charge in [0.05, 0.1) is 4.90 Å². The van der Waals surface area contributed by atoms with Gasteiger partial charge in [0, 0.05) is 26.8 Å². The van der Waals surface area contributed by atoms with Crippen LogP contribution in [0.5, 0.6) is 0 Å². The van der Waals surface area contributed by atoms with Crippen molar-refractivity contribution in [2.24, 2.45) is 5.92 Å². The van der Waals surface area contributed by atoms with Gasteiger partial charge >= 0.3 is 0 Å². The Morgan fingerprint density at radius 1 is 1.33 bits per heavy atom. The van der Waals surface area contributed by atoms with Gasteiger partial charge in [-0.25, -0.2) is 8.42 Å². The zero-order valence-electron chi connectivity index (χ0n) is 11.6. The van der Waals surface area contributed by atoms with Crippen LogP contribution in [0.2, 0.25) is 0 Å². The molecule has 7 heteroatoms. The average molecular weight is 395 g/mol. The Kier molecular flexibility index (Phi) is 5.33. The highest BCUT2D eigenvalue weighted by Gasteiger charge is 2.23. The van der Waals surface area contributed by atoms with Crippen molar-refractivity contribution in [3.05, 3.63) is 28.2 Å². The molecular formula is C14H17BrClNO3S. The molecule has 21 heavy (non-hydrogen) atoms. The molecule has 1 aliphatic rings. The zero-order chi connectivity index (χ0) is 15.6. The van der Waals surface area contributed by atoms with Gasteiger partial charge in [-0.1, -0.05) is 28.8 Å². The maximum Gasteiger partial charge on any atom is 0.261 e. The third-order valence-corrected chi connectivity index (χ3v) is 5.67. The van der Waals surface area contributed by atoms with Gasteiger partial charge in [-0.15, -0.1) is 0 Å². The fourth-order valence-electron chi connectivity index (χ4n) is 2.70. The van der Waals surface area contributed by atoms with E-state index >= 15 is 0 Å². The van der Waals surface area contributed by atoms with Crippen molar-refractivity contribution in [1.82, 2.24) is 5.32 Å². The van der Waals surface area contributed by atoms with E-state index in [1.54, 1.807) is 6.07 Å². The highest BCUT2D eigenvalue weighted by molar-refractivity contribution is 9.10. The van der Waals surface area contributed by atoms with Crippen molar-refractivity contribution in [3.8, 4) is 0 Å². The highest BCUT2D eigenvalue weighted by atomic mass is 79.9. The Morgan fingerprint density at radius 3 is 2.52 bits per heavy atom. The van der Waals surface area contributed by atoms with Crippen LogP contribution >= 0.6 is 26.6 Å². The number of halogens is 2. The molecule has 1 atom stereocenters. The topological polar surface area (TPSA) is 63.2 Å². The Bertz CT molecular complexity index is 642. The third kappa shape index (κ3) is 4.44. The second-order valence-corrected chi connectivity index (χ2v) is 8.90. The number of benzene rings is 1. The summed E-state index contributed by atoms with van der Waals surface area (Å²) in [7, 11) is 1.47. The molecule has 1 saturated carbocycles. The first-order valence-corrected chi connectivity index (χ1v) is 9.94. The van der Waals surface area contributed by atoms with Crippen molar-refractivity contribution in [2.75, 3.05) is 0 Å². The van der Waals surface area contributed by atoms with Crippen LogP contribution in [0.1, 0.15) is 43.0 Å². The van der Waals surface area contributed by atoms with Crippen molar-refractivity contribution in [3.63, 3.8) is 0 Å². The predicted octanol–water partition coefficient (Wildman–Crippen LogP) is 3.69. The Morgan fingerprint density at radius 2 is 1.95 bits per heavy atom. The van der Waals surface area contributed by atoms with Crippen molar-refractivity contribution < 1.29 is 13.2 Å². The maximum absolute atomic E-state index is 12.3. The van der Waals surface area contributed by atoms with Crippen LogP contribution in [0.4, 0.5) is 0 Å². The lowest BCUT2D eigenvalue weighted by molar-refractivity contribution is 0.0927. The molecule has 0 bridgehead atoms. The molecule has 0 aromatic heterocycles. The zero-order valence-corrected chi connectivity index (χ0v) is 14.8. The molecule has 1 aliphatic carbocycles. The molecule has 0 radical (unpaired) electrons. The number of hydrogen-bond donors (Lipinski definition) is 1. The fourth-order valence-corrected chi connectivity index (χ4v) is 4.15. The van der Waals surface area contributed by atoms with Gasteiger partial charge in [0.25, 0.3) is 15.0 Å². The summed E-state index contributed by atoms with van der Waals surface area (Å²) in [5.41, 5.74) is 0.286. The third-order valence-electron chi connectivity index (χ3n) is 3.88. The number of nitrogens with one attached hydrogen (secondary N) is 1. The maximum atomic E-state index is 12.3. The molecule has 1 aromatic rings. The quantitative estimate of drug-likeness (QED) is 0.792. The molecular weight excluding hydrogens is 378 g/mol. The van der Waals surface area contributed by atoms with E-state index in [0.717, 1.165) is 12.8 Å². The van der Waals surface area contributed by atoms with Crippen LogP contribution in [-0.2, 0) is 9.05 Å². The van der Waals surface area contributed by atoms with Crippen LogP contribution in [-0.4, -0.2) is 20.4 Å². The van der Waals surface area contributed by atoms with E-state index in [1.807, 2.05) is 6.92 Å². The summed E-state index contributed by atoms with van der Waals surface area (Å²) < 4.78 is 23.3. The lowest BCUT2D eigenvalue weighted by Gasteiger charge is -2.20. The van der Waals surface area contributed by atoms with Crippen molar-refractivity contribution >= 4 is 41.6 Å². The van der Waals surface area contributed by atoms with Gasteiger partial charge < -0.3 is 5.32 Å². The molecule has 0 saturated heterocycles. The molecule has 116 valence electrons. The molecule has 0 heterocycles. The average Bonchev–Trinajstić information content (AvgIpc) is 2.90. The van der Waals surface area contributed by atoms with E-state index in [1.165, 1.54) is 25.0 Å². The SMILES string of the molecule is CC(NC(=O)c1cc(Br)cc(S(=O)(=O)Cl)c1)C1CCCC1. The van der Waals surface area contributed by atoms with Crippen LogP contribution in [0.25, 0.3) is 0 Å². The lowest BCUT2D eigenvalue weighted by atomic mass is 9.99. The second-order valence-electron chi connectivity index (χ2n) is 5.42. The van der Waals surface area contributed by atoms with Gasteiger partial charge in [0.15, 0.2) is 0 Å². The smallest absolute Gasteiger partial charge is 0.261 e. The minimum atomic E-state index is -3.86. The minimum absolute atomic E-state index is 0.0787. The van der Waals surface area contributed by atoms with Crippen molar-refractivity contribution in [2.45, 2.75) is 43.5 Å². The number of rotatable bonds is 4. The van der Waals surface area contributed by atoms with Crippen LogP contribution in [0.15, 0.2) is 27.6 Å². The first-order chi connectivity index (χ1) is 9.77. The van der Waals surface area contributed by atoms with Crippen molar-refractivity contribution in [1.29, 1.82) is 0 Å². The largest absolute Gasteiger partial charge is 0.349 e. The molecule has 1 amide bonds. The van der Waals surface area contributed by atoms with E-state index in [0.29, 0.717) is 10.4 Å². The molecule has 4 nitrogen and oxygen atoms in total. The van der Waals surface area contributed by atoms with E-state index in [-0.39, 0.29) is 22.4 Å². The highest BCUT2D eigenvalue weighted by Crippen LogP contribution is 2.28. The number of carbonyl (C=O) groups is 1. The van der Waals surface area contributed by atoms with Gasteiger partial charge in [-0.05, 0) is 43.9 Å². The Balaban J connectivity index is 2.17. The van der Waals surface area contributed by atoms with Crippen LogP contribution < -0.4 is 5.32 Å². The summed E-state index contributed by atoms with van der Waals surface area (Å²) >= 11 is 3.20. The van der Waals surface area contributed by atoms with E-state index in [9.17, 15) is 13.2 Å². The Hall–Kier alpha value is -0.590. The summed E-state index contributed by atoms with van der Waals surface area (Å²) in [6, 6.07) is 4.33. The summed E-state index contributed by atoms with van der Waals surface area (Å²) in [5, 5.41) is 2.95. The normalized spacial score (nSPS) is 17.7. The number of carbonyl (C=O) groups excluding carboxylic acids is 1. The molecule has 1 N–H and O–H groups in total. The summed E-state index contributed by atoms with van der Waals surface area (Å²) in [5.74, 6) is 0.217. The number of amides is 1. The van der Waals surface area contributed by atoms with Gasteiger partial charge in [0.2, 0.25) is 0 Å². The molecule has 2 rings (SSSR count). The first kappa shape index (κ1) is 16.8. The van der Waals surface area contributed by atoms with Gasteiger partial charge in [0.1, 0.15) is 0 Å². The van der Waals surface area contributed by atoms with Gasteiger partial charge in [-0.3, -0.25) is 4.79 Å². The molecule has 1 aromatic carbocycles. The predicted molar refractivity (Wildman–Crippen MR) is 86.1 cm³/mol. The molecule has 1 unspecified atom stereocenters. The lowest BCUT2D eigenvalue weighted by Crippen LogP contribution is -2.37. The molecule has 0 spiro atoms. The minimum Gasteiger partial charge on any atom is -0.349 e. The fraction of sp³-hybridized carbons (Fsp3) is 0.500.